The number of ether oxygens (including phenoxy) is 2. The van der Waals surface area contributed by atoms with Crippen molar-refractivity contribution in [3.8, 4) is 5.75 Å². The molecular formula is C11H15ClN2O3. The largest absolute Gasteiger partial charge is 0.492 e. The van der Waals surface area contributed by atoms with Gasteiger partial charge in [0.1, 0.15) is 12.4 Å². The summed E-state index contributed by atoms with van der Waals surface area (Å²) in [5.74, 6) is 5.18. The van der Waals surface area contributed by atoms with Crippen LogP contribution >= 0.6 is 11.6 Å². The molecule has 0 unspecified atom stereocenters. The van der Waals surface area contributed by atoms with Gasteiger partial charge in [-0.2, -0.15) is 0 Å². The van der Waals surface area contributed by atoms with Crippen molar-refractivity contribution < 1.29 is 14.3 Å². The average Bonchev–Trinajstić information content (AvgIpc) is 2.32. The molecule has 1 aromatic carbocycles. The van der Waals surface area contributed by atoms with Crippen molar-refractivity contribution in [2.75, 3.05) is 13.2 Å². The molecule has 0 fully saturated rings. The molecule has 0 spiro atoms. The van der Waals surface area contributed by atoms with Gasteiger partial charge >= 0.3 is 0 Å². The second-order valence-electron chi connectivity index (χ2n) is 3.26. The minimum atomic E-state index is -0.373. The molecule has 1 amide bonds. The van der Waals surface area contributed by atoms with Crippen LogP contribution in [0.1, 0.15) is 12.5 Å². The van der Waals surface area contributed by atoms with E-state index < -0.39 is 0 Å². The molecule has 1 rings (SSSR count). The molecule has 0 saturated heterocycles. The molecule has 0 saturated carbocycles. The fourth-order valence-electron chi connectivity index (χ4n) is 1.21. The number of nitrogens with two attached hydrogens (primary N) is 1. The van der Waals surface area contributed by atoms with Crippen LogP contribution in [0.4, 0.5) is 0 Å². The fraction of sp³-hybridized carbons (Fsp3) is 0.364. The van der Waals surface area contributed by atoms with Gasteiger partial charge in [0.05, 0.1) is 18.2 Å². The van der Waals surface area contributed by atoms with E-state index in [4.69, 9.17) is 26.9 Å². The number of hydrazine groups is 1. The summed E-state index contributed by atoms with van der Waals surface area (Å²) < 4.78 is 10.4. The van der Waals surface area contributed by atoms with E-state index in [2.05, 4.69) is 0 Å². The molecule has 0 aromatic heterocycles. The Kier molecular flexibility index (Phi) is 5.76. The maximum Gasteiger partial charge on any atom is 0.259 e. The molecule has 6 heteroatoms. The average molecular weight is 259 g/mol. The number of benzene rings is 1. The van der Waals surface area contributed by atoms with Crippen molar-refractivity contribution in [1.82, 2.24) is 5.43 Å². The summed E-state index contributed by atoms with van der Waals surface area (Å²) in [7, 11) is 0. The van der Waals surface area contributed by atoms with Gasteiger partial charge in [-0.3, -0.25) is 10.2 Å². The number of rotatable bonds is 6. The summed E-state index contributed by atoms with van der Waals surface area (Å²) in [6.45, 7) is 2.66. The van der Waals surface area contributed by atoms with E-state index in [0.29, 0.717) is 24.0 Å². The lowest BCUT2D eigenvalue weighted by molar-refractivity contribution is -0.126. The van der Waals surface area contributed by atoms with Gasteiger partial charge in [0.15, 0.2) is 0 Å². The first-order valence-corrected chi connectivity index (χ1v) is 5.53. The van der Waals surface area contributed by atoms with E-state index in [1.165, 1.54) is 0 Å². The third kappa shape index (κ3) is 4.60. The van der Waals surface area contributed by atoms with Crippen molar-refractivity contribution in [2.24, 2.45) is 5.84 Å². The van der Waals surface area contributed by atoms with Crippen LogP contribution in [0.3, 0.4) is 0 Å². The number of halogens is 1. The highest BCUT2D eigenvalue weighted by Gasteiger charge is 2.04. The second-order valence-corrected chi connectivity index (χ2v) is 3.67. The normalized spacial score (nSPS) is 10.1. The van der Waals surface area contributed by atoms with Gasteiger partial charge in [0, 0.05) is 0 Å². The molecular weight excluding hydrogens is 244 g/mol. The smallest absolute Gasteiger partial charge is 0.259 e. The summed E-state index contributed by atoms with van der Waals surface area (Å²) in [5.41, 5.74) is 2.84. The Bertz CT molecular complexity index is 385. The standard InChI is InChI=1S/C11H15ClN2O3/c1-2-17-10-4-3-8(5-9(10)12)6-16-7-11(15)14-13/h3-5H,2,6-7,13H2,1H3,(H,14,15). The predicted octanol–water partition coefficient (Wildman–Crippen LogP) is 1.25. The number of nitrogens with one attached hydrogen (secondary N) is 1. The monoisotopic (exact) mass is 258 g/mol. The number of carbonyl (C=O) groups excluding carboxylic acids is 1. The Hall–Kier alpha value is -1.30. The third-order valence-corrected chi connectivity index (χ3v) is 2.25. The van der Waals surface area contributed by atoms with Crippen molar-refractivity contribution >= 4 is 17.5 Å². The first-order valence-electron chi connectivity index (χ1n) is 5.15. The Morgan fingerprint density at radius 1 is 1.53 bits per heavy atom. The first kappa shape index (κ1) is 13.8. The number of hydrogen-bond donors (Lipinski definition) is 2. The van der Waals surface area contributed by atoms with Crippen molar-refractivity contribution in [1.29, 1.82) is 0 Å². The molecule has 0 radical (unpaired) electrons. The van der Waals surface area contributed by atoms with Gasteiger partial charge in [0.25, 0.3) is 5.91 Å². The van der Waals surface area contributed by atoms with Crippen LogP contribution in [0, 0.1) is 0 Å². The van der Waals surface area contributed by atoms with Crippen LogP contribution in [0.5, 0.6) is 5.75 Å². The fourth-order valence-corrected chi connectivity index (χ4v) is 1.47. The molecule has 0 aliphatic heterocycles. The maximum atomic E-state index is 10.8. The van der Waals surface area contributed by atoms with Gasteiger partial charge in [-0.25, -0.2) is 5.84 Å². The van der Waals surface area contributed by atoms with Crippen LogP contribution in [-0.2, 0) is 16.1 Å². The predicted molar refractivity (Wildman–Crippen MR) is 64.6 cm³/mol. The van der Waals surface area contributed by atoms with E-state index in [1.807, 2.05) is 18.4 Å². The summed E-state index contributed by atoms with van der Waals surface area (Å²) in [4.78, 5) is 10.8. The molecule has 0 aliphatic carbocycles. The lowest BCUT2D eigenvalue weighted by atomic mass is 10.2. The van der Waals surface area contributed by atoms with Gasteiger partial charge in [-0.1, -0.05) is 17.7 Å². The molecule has 0 bridgehead atoms. The summed E-state index contributed by atoms with van der Waals surface area (Å²) in [6, 6.07) is 5.34. The maximum absolute atomic E-state index is 10.8. The van der Waals surface area contributed by atoms with E-state index in [9.17, 15) is 4.79 Å². The number of carbonyl (C=O) groups is 1. The van der Waals surface area contributed by atoms with Crippen LogP contribution < -0.4 is 16.0 Å². The summed E-state index contributed by atoms with van der Waals surface area (Å²) in [6.07, 6.45) is 0. The van der Waals surface area contributed by atoms with Crippen LogP contribution in [0.2, 0.25) is 5.02 Å². The highest BCUT2D eigenvalue weighted by molar-refractivity contribution is 6.32. The second kappa shape index (κ2) is 7.11. The highest BCUT2D eigenvalue weighted by Crippen LogP contribution is 2.25. The van der Waals surface area contributed by atoms with Gasteiger partial charge in [-0.15, -0.1) is 0 Å². The van der Waals surface area contributed by atoms with Crippen LogP contribution in [0.15, 0.2) is 18.2 Å². The van der Waals surface area contributed by atoms with Crippen molar-refractivity contribution in [3.05, 3.63) is 28.8 Å². The van der Waals surface area contributed by atoms with Crippen molar-refractivity contribution in [2.45, 2.75) is 13.5 Å². The Balaban J connectivity index is 2.50. The zero-order chi connectivity index (χ0) is 12.7. The summed E-state index contributed by atoms with van der Waals surface area (Å²) >= 11 is 6.00. The summed E-state index contributed by atoms with van der Waals surface area (Å²) in [5, 5.41) is 0.524. The Morgan fingerprint density at radius 2 is 2.29 bits per heavy atom. The molecule has 5 nitrogen and oxygen atoms in total. The SMILES string of the molecule is CCOc1ccc(COCC(=O)NN)cc1Cl. The highest BCUT2D eigenvalue weighted by atomic mass is 35.5. The van der Waals surface area contributed by atoms with E-state index in [0.717, 1.165) is 5.56 Å². The lowest BCUT2D eigenvalue weighted by Gasteiger charge is -2.08. The molecule has 1 aromatic rings. The number of amides is 1. The first-order chi connectivity index (χ1) is 8.17. The van der Waals surface area contributed by atoms with Crippen molar-refractivity contribution in [3.63, 3.8) is 0 Å². The van der Waals surface area contributed by atoms with Gasteiger partial charge < -0.3 is 9.47 Å². The minimum Gasteiger partial charge on any atom is -0.492 e. The van der Waals surface area contributed by atoms with E-state index in [1.54, 1.807) is 12.1 Å². The van der Waals surface area contributed by atoms with Gasteiger partial charge in [-0.05, 0) is 24.6 Å². The Labute approximate surface area is 105 Å². The van der Waals surface area contributed by atoms with Gasteiger partial charge in [0.2, 0.25) is 0 Å². The molecule has 17 heavy (non-hydrogen) atoms. The Morgan fingerprint density at radius 3 is 2.88 bits per heavy atom. The molecule has 0 atom stereocenters. The zero-order valence-electron chi connectivity index (χ0n) is 9.53. The third-order valence-electron chi connectivity index (χ3n) is 1.96. The van der Waals surface area contributed by atoms with E-state index >= 15 is 0 Å². The molecule has 3 N–H and O–H groups in total. The number of hydrogen-bond acceptors (Lipinski definition) is 4. The van der Waals surface area contributed by atoms with E-state index in [-0.39, 0.29) is 12.5 Å². The van der Waals surface area contributed by atoms with Crippen LogP contribution in [0.25, 0.3) is 0 Å². The molecule has 0 heterocycles. The topological polar surface area (TPSA) is 73.6 Å². The van der Waals surface area contributed by atoms with Crippen LogP contribution in [-0.4, -0.2) is 19.1 Å². The quantitative estimate of drug-likeness (QED) is 0.458. The molecule has 94 valence electrons. The minimum absolute atomic E-state index is 0.0820. The zero-order valence-corrected chi connectivity index (χ0v) is 10.3. The lowest BCUT2D eigenvalue weighted by Crippen LogP contribution is -2.33. The molecule has 0 aliphatic rings.